The molecule has 7 heteroatoms. The van der Waals surface area contributed by atoms with Crippen molar-refractivity contribution in [2.45, 2.75) is 19.8 Å². The average Bonchev–Trinajstić information content (AvgIpc) is 2.45. The predicted octanol–water partition coefficient (Wildman–Crippen LogP) is 1.91. The number of nitrogens with zero attached hydrogens (tertiary/aromatic N) is 1. The zero-order chi connectivity index (χ0) is 15.1. The molecule has 0 fully saturated rings. The highest BCUT2D eigenvalue weighted by molar-refractivity contribution is 5.98. The Morgan fingerprint density at radius 3 is 2.50 bits per heavy atom. The maximum atomic E-state index is 11.9. The van der Waals surface area contributed by atoms with Crippen molar-refractivity contribution >= 4 is 17.6 Å². The van der Waals surface area contributed by atoms with Gasteiger partial charge in [0, 0.05) is 24.2 Å². The van der Waals surface area contributed by atoms with Crippen molar-refractivity contribution < 1.29 is 19.2 Å². The number of nitro benzene ring substituents is 1. The predicted molar refractivity (Wildman–Crippen MR) is 71.7 cm³/mol. The molecule has 0 atom stereocenters. The third kappa shape index (κ3) is 4.04. The minimum atomic E-state index is -0.726. The molecule has 1 amide bonds. The number of hydrogen-bond acceptors (Lipinski definition) is 5. The van der Waals surface area contributed by atoms with E-state index in [1.807, 2.05) is 6.92 Å². The van der Waals surface area contributed by atoms with Crippen LogP contribution in [0.5, 0.6) is 0 Å². The maximum Gasteiger partial charge on any atom is 0.338 e. The summed E-state index contributed by atoms with van der Waals surface area (Å²) in [4.78, 5) is 33.5. The maximum absolute atomic E-state index is 11.9. The van der Waals surface area contributed by atoms with Gasteiger partial charge in [-0.1, -0.05) is 13.3 Å². The minimum Gasteiger partial charge on any atom is -0.465 e. The number of benzene rings is 1. The van der Waals surface area contributed by atoms with Gasteiger partial charge in [0.25, 0.3) is 11.6 Å². The molecule has 0 aromatic heterocycles. The number of nitro groups is 1. The van der Waals surface area contributed by atoms with Crippen molar-refractivity contribution in [2.75, 3.05) is 13.7 Å². The van der Waals surface area contributed by atoms with Crippen LogP contribution in [0.4, 0.5) is 5.69 Å². The molecule has 1 aromatic carbocycles. The van der Waals surface area contributed by atoms with Crippen molar-refractivity contribution in [3.05, 3.63) is 39.4 Å². The molecule has 0 unspecified atom stereocenters. The van der Waals surface area contributed by atoms with E-state index < -0.39 is 16.8 Å². The van der Waals surface area contributed by atoms with Crippen molar-refractivity contribution in [3.63, 3.8) is 0 Å². The molecule has 7 nitrogen and oxygen atoms in total. The average molecular weight is 280 g/mol. The summed E-state index contributed by atoms with van der Waals surface area (Å²) >= 11 is 0. The summed E-state index contributed by atoms with van der Waals surface area (Å²) in [6.45, 7) is 2.46. The lowest BCUT2D eigenvalue weighted by Crippen LogP contribution is -2.24. The number of rotatable bonds is 6. The highest BCUT2D eigenvalue weighted by Crippen LogP contribution is 2.18. The monoisotopic (exact) mass is 280 g/mol. The van der Waals surface area contributed by atoms with Gasteiger partial charge in [-0.3, -0.25) is 14.9 Å². The van der Waals surface area contributed by atoms with Gasteiger partial charge in [0.05, 0.1) is 17.6 Å². The number of unbranched alkanes of at least 4 members (excludes halogenated alkanes) is 1. The Morgan fingerprint density at radius 1 is 1.30 bits per heavy atom. The number of non-ortho nitro benzene ring substituents is 1. The van der Waals surface area contributed by atoms with E-state index in [9.17, 15) is 19.7 Å². The summed E-state index contributed by atoms with van der Waals surface area (Å²) in [5.74, 6) is -1.18. The second-order valence-corrected chi connectivity index (χ2v) is 4.13. The highest BCUT2D eigenvalue weighted by Gasteiger charge is 2.18. The summed E-state index contributed by atoms with van der Waals surface area (Å²) in [7, 11) is 1.17. The largest absolute Gasteiger partial charge is 0.465 e. The lowest BCUT2D eigenvalue weighted by molar-refractivity contribution is -0.384. The van der Waals surface area contributed by atoms with Crippen LogP contribution in [0, 0.1) is 10.1 Å². The van der Waals surface area contributed by atoms with Crippen LogP contribution < -0.4 is 5.32 Å². The summed E-state index contributed by atoms with van der Waals surface area (Å²) < 4.78 is 4.51. The molecular formula is C13H16N2O5. The van der Waals surface area contributed by atoms with Gasteiger partial charge in [0.2, 0.25) is 0 Å². The Morgan fingerprint density at radius 2 is 1.95 bits per heavy atom. The van der Waals surface area contributed by atoms with Crippen molar-refractivity contribution in [1.29, 1.82) is 0 Å². The Labute approximate surface area is 116 Å². The zero-order valence-corrected chi connectivity index (χ0v) is 11.3. The van der Waals surface area contributed by atoms with Crippen LogP contribution in [-0.2, 0) is 4.74 Å². The van der Waals surface area contributed by atoms with Crippen LogP contribution in [0.1, 0.15) is 40.5 Å². The SMILES string of the molecule is CCCCNC(=O)c1cc(C(=O)OC)cc([N+](=O)[O-])c1. The zero-order valence-electron chi connectivity index (χ0n) is 11.3. The van der Waals surface area contributed by atoms with Crippen LogP contribution in [0.25, 0.3) is 0 Å². The summed E-state index contributed by atoms with van der Waals surface area (Å²) in [5.41, 5.74) is -0.286. The van der Waals surface area contributed by atoms with Gasteiger partial charge in [-0.25, -0.2) is 4.79 Å². The third-order valence-corrected chi connectivity index (χ3v) is 2.63. The van der Waals surface area contributed by atoms with Crippen molar-refractivity contribution in [3.8, 4) is 0 Å². The Kier molecular flexibility index (Phi) is 5.64. The summed E-state index contributed by atoms with van der Waals surface area (Å²) in [6, 6.07) is 3.49. The third-order valence-electron chi connectivity index (χ3n) is 2.63. The molecule has 0 saturated heterocycles. The Balaban J connectivity index is 3.05. The van der Waals surface area contributed by atoms with E-state index >= 15 is 0 Å². The standard InChI is InChI=1S/C13H16N2O5/c1-3-4-5-14-12(16)9-6-10(13(17)20-2)8-11(7-9)15(18)19/h6-8H,3-5H2,1-2H3,(H,14,16). The molecule has 0 heterocycles. The van der Waals surface area contributed by atoms with E-state index in [1.165, 1.54) is 13.2 Å². The van der Waals surface area contributed by atoms with Crippen LogP contribution in [-0.4, -0.2) is 30.5 Å². The number of ether oxygens (including phenoxy) is 1. The quantitative estimate of drug-likeness (QED) is 0.371. The molecule has 0 aliphatic heterocycles. The molecule has 1 rings (SSSR count). The van der Waals surface area contributed by atoms with Gasteiger partial charge in [-0.05, 0) is 12.5 Å². The molecule has 0 radical (unpaired) electrons. The molecule has 1 N–H and O–H groups in total. The van der Waals surface area contributed by atoms with Crippen LogP contribution >= 0.6 is 0 Å². The molecule has 108 valence electrons. The van der Waals surface area contributed by atoms with E-state index in [2.05, 4.69) is 10.1 Å². The number of nitrogens with one attached hydrogen (secondary N) is 1. The highest BCUT2D eigenvalue weighted by atomic mass is 16.6. The molecule has 0 aliphatic rings. The number of amides is 1. The second kappa shape index (κ2) is 7.22. The molecule has 0 saturated carbocycles. The smallest absolute Gasteiger partial charge is 0.338 e. The molecule has 0 aliphatic carbocycles. The fraction of sp³-hybridized carbons (Fsp3) is 0.385. The Bertz CT molecular complexity index is 527. The van der Waals surface area contributed by atoms with Crippen LogP contribution in [0.3, 0.4) is 0 Å². The first-order valence-electron chi connectivity index (χ1n) is 6.15. The van der Waals surface area contributed by atoms with Gasteiger partial charge in [-0.2, -0.15) is 0 Å². The number of carbonyl (C=O) groups excluding carboxylic acids is 2. The van der Waals surface area contributed by atoms with Crippen molar-refractivity contribution in [2.24, 2.45) is 0 Å². The fourth-order valence-corrected chi connectivity index (χ4v) is 1.56. The number of methoxy groups -OCH3 is 1. The molecule has 1 aromatic rings. The second-order valence-electron chi connectivity index (χ2n) is 4.13. The first-order valence-corrected chi connectivity index (χ1v) is 6.15. The van der Waals surface area contributed by atoms with Gasteiger partial charge in [0.15, 0.2) is 0 Å². The molecule has 0 spiro atoms. The summed E-state index contributed by atoms with van der Waals surface area (Å²) in [6.07, 6.45) is 1.73. The first-order chi connectivity index (χ1) is 9.49. The van der Waals surface area contributed by atoms with E-state index in [-0.39, 0.29) is 16.8 Å². The van der Waals surface area contributed by atoms with Gasteiger partial charge < -0.3 is 10.1 Å². The number of esters is 1. The lowest BCUT2D eigenvalue weighted by Gasteiger charge is -2.06. The normalized spacial score (nSPS) is 9.90. The molecule has 20 heavy (non-hydrogen) atoms. The van der Waals surface area contributed by atoms with Gasteiger partial charge in [0.1, 0.15) is 0 Å². The summed E-state index contributed by atoms with van der Waals surface area (Å²) in [5, 5.41) is 13.5. The van der Waals surface area contributed by atoms with E-state index in [0.717, 1.165) is 25.0 Å². The fourth-order valence-electron chi connectivity index (χ4n) is 1.56. The van der Waals surface area contributed by atoms with E-state index in [1.54, 1.807) is 0 Å². The van der Waals surface area contributed by atoms with E-state index in [4.69, 9.17) is 0 Å². The molecule has 0 bridgehead atoms. The van der Waals surface area contributed by atoms with Gasteiger partial charge >= 0.3 is 5.97 Å². The van der Waals surface area contributed by atoms with Gasteiger partial charge in [-0.15, -0.1) is 0 Å². The number of carbonyl (C=O) groups is 2. The number of hydrogen-bond donors (Lipinski definition) is 1. The molecular weight excluding hydrogens is 264 g/mol. The topological polar surface area (TPSA) is 98.5 Å². The van der Waals surface area contributed by atoms with Crippen LogP contribution in [0.15, 0.2) is 18.2 Å². The van der Waals surface area contributed by atoms with Crippen molar-refractivity contribution in [1.82, 2.24) is 5.32 Å². The van der Waals surface area contributed by atoms with Crippen LogP contribution in [0.2, 0.25) is 0 Å². The van der Waals surface area contributed by atoms with E-state index in [0.29, 0.717) is 6.54 Å². The first kappa shape index (κ1) is 15.6. The Hall–Kier alpha value is -2.44. The minimum absolute atomic E-state index is 0.0256. The lowest BCUT2D eigenvalue weighted by atomic mass is 10.1.